The van der Waals surface area contributed by atoms with Crippen molar-refractivity contribution < 1.29 is 19.2 Å². The SMILES string of the molecule is NC(=O)COCCNC(=O)c1cc([N+](=O)[O-])ccc1Br. The molecule has 0 aromatic heterocycles. The highest BCUT2D eigenvalue weighted by atomic mass is 79.9. The molecule has 108 valence electrons. The Balaban J connectivity index is 2.57. The van der Waals surface area contributed by atoms with Gasteiger partial charge in [0.25, 0.3) is 11.6 Å². The molecule has 2 amide bonds. The van der Waals surface area contributed by atoms with Crippen molar-refractivity contribution >= 4 is 33.4 Å². The average Bonchev–Trinajstić information content (AvgIpc) is 2.37. The molecule has 0 fully saturated rings. The Morgan fingerprint density at radius 1 is 1.45 bits per heavy atom. The second-order valence-electron chi connectivity index (χ2n) is 3.70. The largest absolute Gasteiger partial charge is 0.370 e. The van der Waals surface area contributed by atoms with E-state index in [9.17, 15) is 19.7 Å². The first-order valence-corrected chi connectivity index (χ1v) is 6.29. The molecule has 1 aromatic rings. The highest BCUT2D eigenvalue weighted by molar-refractivity contribution is 9.10. The summed E-state index contributed by atoms with van der Waals surface area (Å²) < 4.78 is 5.31. The highest BCUT2D eigenvalue weighted by Crippen LogP contribution is 2.22. The summed E-state index contributed by atoms with van der Waals surface area (Å²) in [4.78, 5) is 32.3. The van der Waals surface area contributed by atoms with Gasteiger partial charge in [-0.3, -0.25) is 19.7 Å². The number of nitro benzene ring substituents is 1. The van der Waals surface area contributed by atoms with Crippen molar-refractivity contribution in [2.45, 2.75) is 0 Å². The van der Waals surface area contributed by atoms with Crippen molar-refractivity contribution in [1.29, 1.82) is 0 Å². The predicted octanol–water partition coefficient (Wildman–Crippen LogP) is 0.589. The minimum atomic E-state index is -0.599. The quantitative estimate of drug-likeness (QED) is 0.425. The van der Waals surface area contributed by atoms with E-state index < -0.39 is 16.7 Å². The third-order valence-corrected chi connectivity index (χ3v) is 2.87. The second kappa shape index (κ2) is 7.56. The van der Waals surface area contributed by atoms with Crippen LogP contribution in [0, 0.1) is 10.1 Å². The fraction of sp³-hybridized carbons (Fsp3) is 0.273. The van der Waals surface area contributed by atoms with Gasteiger partial charge in [-0.15, -0.1) is 0 Å². The number of nitro groups is 1. The summed E-state index contributed by atoms with van der Waals surface area (Å²) in [5.41, 5.74) is 4.84. The molecule has 0 saturated heterocycles. The lowest BCUT2D eigenvalue weighted by Gasteiger charge is -2.07. The molecule has 0 aliphatic carbocycles. The third-order valence-electron chi connectivity index (χ3n) is 2.18. The maximum Gasteiger partial charge on any atom is 0.270 e. The topological polar surface area (TPSA) is 125 Å². The van der Waals surface area contributed by atoms with Crippen molar-refractivity contribution in [3.05, 3.63) is 38.3 Å². The van der Waals surface area contributed by atoms with Gasteiger partial charge in [0.1, 0.15) is 6.61 Å². The minimum Gasteiger partial charge on any atom is -0.370 e. The van der Waals surface area contributed by atoms with E-state index >= 15 is 0 Å². The van der Waals surface area contributed by atoms with Crippen LogP contribution in [-0.2, 0) is 9.53 Å². The molecule has 0 bridgehead atoms. The molecule has 0 radical (unpaired) electrons. The summed E-state index contributed by atoms with van der Waals surface area (Å²) in [6, 6.07) is 3.89. The minimum absolute atomic E-state index is 0.112. The van der Waals surface area contributed by atoms with Gasteiger partial charge in [0.2, 0.25) is 5.91 Å². The molecule has 0 atom stereocenters. The molecule has 0 saturated carbocycles. The summed E-state index contributed by atoms with van der Waals surface area (Å²) in [6.45, 7) is 0.0405. The van der Waals surface area contributed by atoms with Crippen LogP contribution in [0.1, 0.15) is 10.4 Å². The fourth-order valence-corrected chi connectivity index (χ4v) is 1.73. The van der Waals surface area contributed by atoms with Gasteiger partial charge in [-0.25, -0.2) is 0 Å². The van der Waals surface area contributed by atoms with E-state index in [1.54, 1.807) is 0 Å². The van der Waals surface area contributed by atoms with Gasteiger partial charge < -0.3 is 15.8 Å². The van der Waals surface area contributed by atoms with E-state index in [2.05, 4.69) is 21.2 Å². The lowest BCUT2D eigenvalue weighted by molar-refractivity contribution is -0.384. The maximum absolute atomic E-state index is 11.8. The number of hydrogen-bond donors (Lipinski definition) is 2. The molecule has 0 unspecified atom stereocenters. The summed E-state index contributed by atoms with van der Waals surface area (Å²) in [7, 11) is 0. The van der Waals surface area contributed by atoms with Crippen LogP contribution < -0.4 is 11.1 Å². The molecular weight excluding hydrogens is 334 g/mol. The van der Waals surface area contributed by atoms with E-state index in [0.29, 0.717) is 4.47 Å². The zero-order chi connectivity index (χ0) is 15.1. The van der Waals surface area contributed by atoms with Gasteiger partial charge in [-0.05, 0) is 22.0 Å². The van der Waals surface area contributed by atoms with E-state index in [0.717, 1.165) is 0 Å². The monoisotopic (exact) mass is 345 g/mol. The summed E-state index contributed by atoms with van der Waals surface area (Å²) >= 11 is 3.15. The lowest BCUT2D eigenvalue weighted by Crippen LogP contribution is -2.29. The van der Waals surface area contributed by atoms with Crippen molar-refractivity contribution in [3.63, 3.8) is 0 Å². The number of primary amides is 1. The number of nitrogens with two attached hydrogens (primary N) is 1. The van der Waals surface area contributed by atoms with Crippen LogP contribution in [-0.4, -0.2) is 36.5 Å². The molecule has 20 heavy (non-hydrogen) atoms. The molecule has 9 heteroatoms. The molecule has 3 N–H and O–H groups in total. The van der Waals surface area contributed by atoms with Gasteiger partial charge in [-0.1, -0.05) is 0 Å². The summed E-state index contributed by atoms with van der Waals surface area (Å²) in [6.07, 6.45) is 0. The smallest absolute Gasteiger partial charge is 0.270 e. The maximum atomic E-state index is 11.8. The first kappa shape index (κ1) is 16.1. The first-order chi connectivity index (χ1) is 9.41. The normalized spacial score (nSPS) is 10.1. The molecule has 0 heterocycles. The number of carbonyl (C=O) groups is 2. The first-order valence-electron chi connectivity index (χ1n) is 5.50. The molecule has 1 rings (SSSR count). The lowest BCUT2D eigenvalue weighted by atomic mass is 10.2. The Morgan fingerprint density at radius 3 is 2.75 bits per heavy atom. The van der Waals surface area contributed by atoms with Crippen LogP contribution in [0.3, 0.4) is 0 Å². The summed E-state index contributed by atoms with van der Waals surface area (Å²) in [5, 5.41) is 13.2. The number of nitrogens with zero attached hydrogens (tertiary/aromatic N) is 1. The number of carbonyl (C=O) groups excluding carboxylic acids is 2. The molecule has 8 nitrogen and oxygen atoms in total. The van der Waals surface area contributed by atoms with Crippen molar-refractivity contribution in [3.8, 4) is 0 Å². The Bertz CT molecular complexity index is 535. The zero-order valence-electron chi connectivity index (χ0n) is 10.3. The van der Waals surface area contributed by atoms with Gasteiger partial charge in [-0.2, -0.15) is 0 Å². The predicted molar refractivity (Wildman–Crippen MR) is 73.1 cm³/mol. The van der Waals surface area contributed by atoms with Crippen LogP contribution in [0.2, 0.25) is 0 Å². The number of benzene rings is 1. The highest BCUT2D eigenvalue weighted by Gasteiger charge is 2.15. The van der Waals surface area contributed by atoms with Crippen LogP contribution in [0.4, 0.5) is 5.69 Å². The third kappa shape index (κ3) is 4.94. The Kier molecular flexibility index (Phi) is 6.07. The van der Waals surface area contributed by atoms with Crippen molar-refractivity contribution in [2.24, 2.45) is 5.73 Å². The standard InChI is InChI=1S/C11H12BrN3O5/c12-9-2-1-7(15(18)19)5-8(9)11(17)14-3-4-20-6-10(13)16/h1-2,5H,3-4,6H2,(H2,13,16)(H,14,17). The van der Waals surface area contributed by atoms with E-state index in [-0.39, 0.29) is 31.0 Å². The number of ether oxygens (including phenoxy) is 1. The van der Waals surface area contributed by atoms with E-state index in [4.69, 9.17) is 10.5 Å². The van der Waals surface area contributed by atoms with Crippen LogP contribution in [0.5, 0.6) is 0 Å². The Hall–Kier alpha value is -2.00. The number of halogens is 1. The summed E-state index contributed by atoms with van der Waals surface area (Å²) in [5.74, 6) is -1.08. The molecule has 0 spiro atoms. The fourth-order valence-electron chi connectivity index (χ4n) is 1.31. The van der Waals surface area contributed by atoms with Gasteiger partial charge in [0.15, 0.2) is 0 Å². The van der Waals surface area contributed by atoms with Crippen molar-refractivity contribution in [2.75, 3.05) is 19.8 Å². The van der Waals surface area contributed by atoms with Crippen molar-refractivity contribution in [1.82, 2.24) is 5.32 Å². The Labute approximate surface area is 122 Å². The van der Waals surface area contributed by atoms with Crippen LogP contribution in [0.15, 0.2) is 22.7 Å². The number of amides is 2. The molecule has 0 aliphatic heterocycles. The average molecular weight is 346 g/mol. The molecule has 0 aliphatic rings. The molecule has 1 aromatic carbocycles. The number of rotatable bonds is 7. The number of nitrogens with one attached hydrogen (secondary N) is 1. The van der Waals surface area contributed by atoms with Gasteiger partial charge in [0, 0.05) is 23.2 Å². The molecular formula is C11H12BrN3O5. The van der Waals surface area contributed by atoms with E-state index in [1.807, 2.05) is 0 Å². The zero-order valence-corrected chi connectivity index (χ0v) is 11.9. The van der Waals surface area contributed by atoms with Crippen LogP contribution >= 0.6 is 15.9 Å². The van der Waals surface area contributed by atoms with Gasteiger partial charge >= 0.3 is 0 Å². The van der Waals surface area contributed by atoms with Crippen LogP contribution in [0.25, 0.3) is 0 Å². The van der Waals surface area contributed by atoms with E-state index in [1.165, 1.54) is 18.2 Å². The number of non-ortho nitro benzene ring substituents is 1. The van der Waals surface area contributed by atoms with Gasteiger partial charge in [0.05, 0.1) is 17.1 Å². The second-order valence-corrected chi connectivity index (χ2v) is 4.55. The Morgan fingerprint density at radius 2 is 2.15 bits per heavy atom. The number of hydrogen-bond acceptors (Lipinski definition) is 5.